The maximum atomic E-state index is 13.0. The van der Waals surface area contributed by atoms with Crippen molar-refractivity contribution in [2.75, 3.05) is 12.9 Å². The van der Waals surface area contributed by atoms with Crippen molar-refractivity contribution < 1.29 is 18.7 Å². The maximum absolute atomic E-state index is 13.0. The van der Waals surface area contributed by atoms with Crippen LogP contribution < -0.4 is 0 Å². The highest BCUT2D eigenvalue weighted by Gasteiger charge is 2.19. The normalized spacial score (nSPS) is 11.0. The zero-order valence-corrected chi connectivity index (χ0v) is 19.0. The van der Waals surface area contributed by atoms with E-state index in [9.17, 15) is 9.59 Å². The lowest BCUT2D eigenvalue weighted by Crippen LogP contribution is -2.07. The van der Waals surface area contributed by atoms with Gasteiger partial charge in [-0.05, 0) is 56.3 Å². The van der Waals surface area contributed by atoms with Crippen LogP contribution in [0.3, 0.4) is 0 Å². The van der Waals surface area contributed by atoms with Crippen LogP contribution in [0.5, 0.6) is 0 Å². The summed E-state index contributed by atoms with van der Waals surface area (Å²) in [5.74, 6) is 1.08. The fraction of sp³-hybridized carbons (Fsp3) is 0.217. The molecule has 3 heterocycles. The number of aromatic nitrogens is 4. The second kappa shape index (κ2) is 8.88. The van der Waals surface area contributed by atoms with Crippen LogP contribution in [-0.4, -0.2) is 43.9 Å². The zero-order valence-electron chi connectivity index (χ0n) is 18.2. The van der Waals surface area contributed by atoms with Gasteiger partial charge in [0.25, 0.3) is 0 Å². The minimum Gasteiger partial charge on any atom is -0.465 e. The summed E-state index contributed by atoms with van der Waals surface area (Å²) in [6.07, 6.45) is 1.58. The Bertz CT molecular complexity index is 1270. The molecule has 32 heavy (non-hydrogen) atoms. The Balaban J connectivity index is 1.51. The van der Waals surface area contributed by atoms with E-state index >= 15 is 0 Å². The molecule has 9 heteroatoms. The minimum atomic E-state index is -0.385. The first kappa shape index (κ1) is 21.6. The lowest BCUT2D eigenvalue weighted by atomic mass is 10.2. The first-order chi connectivity index (χ1) is 15.4. The van der Waals surface area contributed by atoms with Crippen molar-refractivity contribution in [1.29, 1.82) is 0 Å². The summed E-state index contributed by atoms with van der Waals surface area (Å²) in [7, 11) is 3.19. The molecule has 0 N–H and O–H groups in total. The lowest BCUT2D eigenvalue weighted by Gasteiger charge is -2.10. The molecule has 0 radical (unpaired) electrons. The van der Waals surface area contributed by atoms with Crippen LogP contribution in [0.15, 0.2) is 58.3 Å². The number of carbonyl (C=O) groups excluding carboxylic acids is 2. The maximum Gasteiger partial charge on any atom is 0.337 e. The van der Waals surface area contributed by atoms with Crippen molar-refractivity contribution in [2.45, 2.75) is 19.0 Å². The van der Waals surface area contributed by atoms with Gasteiger partial charge in [0.1, 0.15) is 0 Å². The summed E-state index contributed by atoms with van der Waals surface area (Å²) >= 11 is 1.33. The molecule has 3 aromatic heterocycles. The predicted octanol–water partition coefficient (Wildman–Crippen LogP) is 4.24. The van der Waals surface area contributed by atoms with E-state index in [4.69, 9.17) is 9.15 Å². The summed E-state index contributed by atoms with van der Waals surface area (Å²) in [6.45, 7) is 3.86. The van der Waals surface area contributed by atoms with E-state index in [0.717, 1.165) is 17.1 Å². The first-order valence-corrected chi connectivity index (χ1v) is 10.9. The molecule has 164 valence electrons. The quantitative estimate of drug-likeness (QED) is 0.236. The van der Waals surface area contributed by atoms with Gasteiger partial charge in [-0.2, -0.15) is 0 Å². The third-order valence-electron chi connectivity index (χ3n) is 5.19. The molecule has 0 fully saturated rings. The topological polar surface area (TPSA) is 92.2 Å². The number of ether oxygens (including phenoxy) is 1. The van der Waals surface area contributed by atoms with Crippen molar-refractivity contribution >= 4 is 23.5 Å². The minimum absolute atomic E-state index is 0.00285. The molecule has 0 atom stereocenters. The van der Waals surface area contributed by atoms with Crippen molar-refractivity contribution in [3.8, 4) is 17.3 Å². The number of thioether (sulfide) groups is 1. The van der Waals surface area contributed by atoms with Crippen LogP contribution in [-0.2, 0) is 11.8 Å². The second-order valence-corrected chi connectivity index (χ2v) is 8.16. The summed E-state index contributed by atoms with van der Waals surface area (Å²) < 4.78 is 13.9. The van der Waals surface area contributed by atoms with Gasteiger partial charge >= 0.3 is 5.97 Å². The highest BCUT2D eigenvalue weighted by molar-refractivity contribution is 7.99. The molecule has 0 aliphatic carbocycles. The summed E-state index contributed by atoms with van der Waals surface area (Å²) in [4.78, 5) is 24.7. The molecule has 0 bridgehead atoms. The van der Waals surface area contributed by atoms with Crippen LogP contribution in [0.4, 0.5) is 0 Å². The fourth-order valence-electron chi connectivity index (χ4n) is 3.58. The van der Waals surface area contributed by atoms with Crippen LogP contribution in [0.2, 0.25) is 0 Å². The molecular weight excluding hydrogens is 428 g/mol. The van der Waals surface area contributed by atoms with E-state index in [1.807, 2.05) is 54.3 Å². The van der Waals surface area contributed by atoms with Crippen molar-refractivity contribution in [2.24, 2.45) is 7.05 Å². The highest BCUT2D eigenvalue weighted by Crippen LogP contribution is 2.26. The van der Waals surface area contributed by atoms with Gasteiger partial charge in [0.15, 0.2) is 22.5 Å². The third kappa shape index (κ3) is 3.99. The third-order valence-corrected chi connectivity index (χ3v) is 6.21. The van der Waals surface area contributed by atoms with E-state index in [2.05, 4.69) is 10.2 Å². The van der Waals surface area contributed by atoms with Gasteiger partial charge in [0.2, 0.25) is 0 Å². The van der Waals surface area contributed by atoms with Crippen molar-refractivity contribution in [1.82, 2.24) is 19.3 Å². The Kier molecular flexibility index (Phi) is 6.00. The molecule has 0 amide bonds. The largest absolute Gasteiger partial charge is 0.465 e. The predicted molar refractivity (Wildman–Crippen MR) is 120 cm³/mol. The van der Waals surface area contributed by atoms with Gasteiger partial charge in [-0.1, -0.05) is 11.8 Å². The van der Waals surface area contributed by atoms with Gasteiger partial charge in [-0.3, -0.25) is 4.79 Å². The van der Waals surface area contributed by atoms with E-state index in [0.29, 0.717) is 27.9 Å². The molecule has 0 aliphatic rings. The number of Topliss-reactive ketones (excluding diaryl/α,β-unsaturated/α-hetero) is 1. The van der Waals surface area contributed by atoms with Gasteiger partial charge < -0.3 is 18.3 Å². The van der Waals surface area contributed by atoms with E-state index in [-0.39, 0.29) is 17.5 Å². The second-order valence-electron chi connectivity index (χ2n) is 7.21. The first-order valence-electron chi connectivity index (χ1n) is 9.87. The molecule has 1 aromatic carbocycles. The molecule has 0 aliphatic heterocycles. The Hall–Kier alpha value is -3.59. The SMILES string of the molecule is COC(=O)c1ccc(-n2c(C)cc(C(=O)CSc3nnc(-c4ccco4)n3C)c2C)cc1. The summed E-state index contributed by atoms with van der Waals surface area (Å²) in [6, 6.07) is 12.6. The fourth-order valence-corrected chi connectivity index (χ4v) is 4.37. The number of methoxy groups -OCH3 is 1. The Morgan fingerprint density at radius 1 is 1.12 bits per heavy atom. The monoisotopic (exact) mass is 450 g/mol. The van der Waals surface area contributed by atoms with Crippen molar-refractivity contribution in [3.05, 3.63) is 71.2 Å². The molecule has 0 spiro atoms. The average molecular weight is 451 g/mol. The molecule has 0 saturated carbocycles. The van der Waals surface area contributed by atoms with E-state index in [1.165, 1.54) is 18.9 Å². The number of esters is 1. The number of hydrogen-bond donors (Lipinski definition) is 0. The zero-order chi connectivity index (χ0) is 22.8. The number of ketones is 1. The number of rotatable bonds is 7. The van der Waals surface area contributed by atoms with Crippen LogP contribution in [0.25, 0.3) is 17.3 Å². The Morgan fingerprint density at radius 3 is 2.53 bits per heavy atom. The number of carbonyl (C=O) groups is 2. The van der Waals surface area contributed by atoms with E-state index < -0.39 is 0 Å². The molecule has 4 aromatic rings. The lowest BCUT2D eigenvalue weighted by molar-refractivity contribution is 0.0600. The number of aryl methyl sites for hydroxylation is 1. The van der Waals surface area contributed by atoms with Gasteiger partial charge in [-0.25, -0.2) is 4.79 Å². The standard InChI is InChI=1S/C23H22N4O4S/c1-14-12-18(15(2)27(14)17-9-7-16(8-10-17)22(29)30-4)19(28)13-32-23-25-24-21(26(23)3)20-6-5-11-31-20/h5-12H,13H2,1-4H3. The van der Waals surface area contributed by atoms with Gasteiger partial charge in [-0.15, -0.1) is 10.2 Å². The van der Waals surface area contributed by atoms with Crippen LogP contribution in [0.1, 0.15) is 32.1 Å². The molecule has 4 rings (SSSR count). The number of benzene rings is 1. The van der Waals surface area contributed by atoms with Crippen LogP contribution in [0, 0.1) is 13.8 Å². The van der Waals surface area contributed by atoms with E-state index in [1.54, 1.807) is 24.5 Å². The summed E-state index contributed by atoms with van der Waals surface area (Å²) in [5, 5.41) is 8.98. The van der Waals surface area contributed by atoms with Crippen molar-refractivity contribution in [3.63, 3.8) is 0 Å². The highest BCUT2D eigenvalue weighted by atomic mass is 32.2. The summed E-state index contributed by atoms with van der Waals surface area (Å²) in [5.41, 5.74) is 3.77. The van der Waals surface area contributed by atoms with Gasteiger partial charge in [0.05, 0.1) is 24.7 Å². The van der Waals surface area contributed by atoms with Crippen LogP contribution >= 0.6 is 11.8 Å². The van der Waals surface area contributed by atoms with Gasteiger partial charge in [0, 0.05) is 29.7 Å². The Morgan fingerprint density at radius 2 is 1.88 bits per heavy atom. The molecule has 0 unspecified atom stereocenters. The number of hydrogen-bond acceptors (Lipinski definition) is 7. The molecule has 8 nitrogen and oxygen atoms in total. The average Bonchev–Trinajstić information content (AvgIpc) is 3.51. The molecular formula is C23H22N4O4S. The Labute approximate surface area is 189 Å². The molecule has 0 saturated heterocycles. The number of nitrogens with zero attached hydrogens (tertiary/aromatic N) is 4. The smallest absolute Gasteiger partial charge is 0.337 e. The number of furan rings is 1.